The van der Waals surface area contributed by atoms with Gasteiger partial charge in [0, 0.05) is 19.7 Å². The van der Waals surface area contributed by atoms with Crippen molar-refractivity contribution in [3.63, 3.8) is 0 Å². The Morgan fingerprint density at radius 1 is 1.42 bits per heavy atom. The molecule has 0 aliphatic rings. The van der Waals surface area contributed by atoms with Gasteiger partial charge in [-0.05, 0) is 12.7 Å². The summed E-state index contributed by atoms with van der Waals surface area (Å²) in [6.45, 7) is 2.98. The number of aromatic nitrogens is 4. The van der Waals surface area contributed by atoms with Crippen LogP contribution in [0.5, 0.6) is 11.6 Å². The van der Waals surface area contributed by atoms with E-state index in [0.717, 1.165) is 18.8 Å². The van der Waals surface area contributed by atoms with Crippen molar-refractivity contribution in [3.8, 4) is 11.6 Å². The average Bonchev–Trinajstić information content (AvgIpc) is 2.81. The molecule has 0 fully saturated rings. The lowest BCUT2D eigenvalue weighted by Crippen LogP contribution is -2.04. The molecule has 0 saturated carbocycles. The minimum absolute atomic E-state index is 0.519. The van der Waals surface area contributed by atoms with Gasteiger partial charge in [-0.15, -0.1) is 0 Å². The molecular weight excluding hydrogens is 262 g/mol. The number of anilines is 1. The molecule has 6 nitrogen and oxygen atoms in total. The molecule has 2 rings (SSSR count). The van der Waals surface area contributed by atoms with Crippen LogP contribution in [0, 0.1) is 0 Å². The summed E-state index contributed by atoms with van der Waals surface area (Å²) in [5.41, 5.74) is 0. The fraction of sp³-hybridized carbons (Fsp3) is 0.417. The van der Waals surface area contributed by atoms with Gasteiger partial charge >= 0.3 is 0 Å². The molecule has 0 spiro atoms. The third-order valence-electron chi connectivity index (χ3n) is 2.32. The summed E-state index contributed by atoms with van der Waals surface area (Å²) in [5, 5.41) is 7.97. The summed E-state index contributed by atoms with van der Waals surface area (Å²) < 4.78 is 7.36. The van der Waals surface area contributed by atoms with Gasteiger partial charge in [-0.1, -0.05) is 18.7 Å². The normalized spacial score (nSPS) is 10.5. The molecule has 0 saturated heterocycles. The second kappa shape index (κ2) is 6.42. The summed E-state index contributed by atoms with van der Waals surface area (Å²) in [7, 11) is 1.84. The van der Waals surface area contributed by atoms with E-state index in [1.807, 2.05) is 13.3 Å². The van der Waals surface area contributed by atoms with Crippen molar-refractivity contribution in [1.82, 2.24) is 19.7 Å². The maximum atomic E-state index is 5.67. The van der Waals surface area contributed by atoms with Gasteiger partial charge in [0.2, 0.25) is 5.88 Å². The first-order valence-electron chi connectivity index (χ1n) is 6.04. The van der Waals surface area contributed by atoms with Crippen LogP contribution in [0.4, 0.5) is 5.82 Å². The molecule has 0 aromatic carbocycles. The second-order valence-electron chi connectivity index (χ2n) is 3.96. The van der Waals surface area contributed by atoms with Gasteiger partial charge < -0.3 is 10.1 Å². The fourth-order valence-corrected chi connectivity index (χ4v) is 1.83. The number of aryl methyl sites for hydroxylation is 1. The van der Waals surface area contributed by atoms with E-state index in [0.29, 0.717) is 16.8 Å². The van der Waals surface area contributed by atoms with E-state index >= 15 is 0 Å². The highest BCUT2D eigenvalue weighted by Crippen LogP contribution is 2.23. The van der Waals surface area contributed by atoms with Crippen LogP contribution in [-0.4, -0.2) is 32.5 Å². The number of nitrogens with one attached hydrogen (secondary N) is 1. The van der Waals surface area contributed by atoms with Gasteiger partial charge in [0.1, 0.15) is 5.82 Å². The first-order chi connectivity index (χ1) is 9.21. The molecular formula is C12H17N5OS. The highest BCUT2D eigenvalue weighted by atomic mass is 32.2. The van der Waals surface area contributed by atoms with E-state index in [1.165, 1.54) is 11.8 Å². The molecule has 0 bridgehead atoms. The van der Waals surface area contributed by atoms with E-state index in [2.05, 4.69) is 27.3 Å². The Kier molecular flexibility index (Phi) is 4.62. The van der Waals surface area contributed by atoms with Crippen LogP contribution in [0.2, 0.25) is 0 Å². The molecule has 102 valence electrons. The molecule has 2 heterocycles. The summed E-state index contributed by atoms with van der Waals surface area (Å²) in [5.74, 6) is 1.96. The number of ether oxygens (including phenoxy) is 1. The van der Waals surface area contributed by atoms with Crippen LogP contribution in [0.3, 0.4) is 0 Å². The van der Waals surface area contributed by atoms with E-state index in [1.54, 1.807) is 23.1 Å². The minimum atomic E-state index is 0.519. The highest BCUT2D eigenvalue weighted by Gasteiger charge is 2.07. The Balaban J connectivity index is 2.18. The van der Waals surface area contributed by atoms with Crippen molar-refractivity contribution in [3.05, 3.63) is 18.5 Å². The number of thioether (sulfide) groups is 1. The summed E-state index contributed by atoms with van der Waals surface area (Å²) in [6, 6.07) is 1.79. The van der Waals surface area contributed by atoms with Gasteiger partial charge in [-0.25, -0.2) is 4.98 Å². The maximum Gasteiger partial charge on any atom is 0.225 e. The van der Waals surface area contributed by atoms with Gasteiger partial charge in [0.25, 0.3) is 0 Å². The number of nitrogens with zero attached hydrogens (tertiary/aromatic N) is 4. The van der Waals surface area contributed by atoms with Crippen LogP contribution in [0.25, 0.3) is 0 Å². The van der Waals surface area contributed by atoms with Crippen LogP contribution >= 0.6 is 11.8 Å². The Labute approximate surface area is 116 Å². The van der Waals surface area contributed by atoms with Crippen molar-refractivity contribution in [2.24, 2.45) is 7.05 Å². The van der Waals surface area contributed by atoms with E-state index < -0.39 is 0 Å². The van der Waals surface area contributed by atoms with Crippen LogP contribution in [-0.2, 0) is 7.05 Å². The van der Waals surface area contributed by atoms with Crippen molar-refractivity contribution >= 4 is 17.6 Å². The summed E-state index contributed by atoms with van der Waals surface area (Å²) in [4.78, 5) is 8.69. The lowest BCUT2D eigenvalue weighted by molar-refractivity contribution is 0.455. The van der Waals surface area contributed by atoms with E-state index in [-0.39, 0.29) is 0 Å². The van der Waals surface area contributed by atoms with Gasteiger partial charge in [0.15, 0.2) is 10.9 Å². The van der Waals surface area contributed by atoms with Gasteiger partial charge in [0.05, 0.1) is 12.4 Å². The largest absolute Gasteiger partial charge is 0.435 e. The second-order valence-corrected chi connectivity index (χ2v) is 4.73. The first kappa shape index (κ1) is 13.7. The third-order valence-corrected chi connectivity index (χ3v) is 2.87. The zero-order valence-corrected chi connectivity index (χ0v) is 12.1. The van der Waals surface area contributed by atoms with Crippen molar-refractivity contribution in [2.45, 2.75) is 18.5 Å². The molecule has 0 aliphatic carbocycles. The topological polar surface area (TPSA) is 64.9 Å². The first-order valence-corrected chi connectivity index (χ1v) is 7.27. The molecule has 0 radical (unpaired) electrons. The Morgan fingerprint density at radius 2 is 2.26 bits per heavy atom. The maximum absolute atomic E-state index is 5.67. The number of hydrogen-bond acceptors (Lipinski definition) is 6. The van der Waals surface area contributed by atoms with Crippen molar-refractivity contribution in [1.29, 1.82) is 0 Å². The highest BCUT2D eigenvalue weighted by molar-refractivity contribution is 7.98. The zero-order chi connectivity index (χ0) is 13.7. The average molecular weight is 279 g/mol. The molecule has 1 N–H and O–H groups in total. The molecule has 19 heavy (non-hydrogen) atoms. The summed E-state index contributed by atoms with van der Waals surface area (Å²) >= 11 is 1.48. The van der Waals surface area contributed by atoms with E-state index in [9.17, 15) is 0 Å². The molecule has 0 unspecified atom stereocenters. The molecule has 2 aromatic heterocycles. The Hall–Kier alpha value is -1.76. The molecule has 7 heteroatoms. The minimum Gasteiger partial charge on any atom is -0.435 e. The van der Waals surface area contributed by atoms with E-state index in [4.69, 9.17) is 4.74 Å². The Morgan fingerprint density at radius 3 is 2.89 bits per heavy atom. The monoisotopic (exact) mass is 279 g/mol. The molecule has 2 aromatic rings. The van der Waals surface area contributed by atoms with Crippen LogP contribution in [0.1, 0.15) is 13.3 Å². The quantitative estimate of drug-likeness (QED) is 0.647. The van der Waals surface area contributed by atoms with Crippen molar-refractivity contribution < 1.29 is 4.74 Å². The predicted molar refractivity (Wildman–Crippen MR) is 75.9 cm³/mol. The predicted octanol–water partition coefficient (Wildman–Crippen LogP) is 2.55. The molecule has 0 amide bonds. The number of hydrogen-bond donors (Lipinski definition) is 1. The van der Waals surface area contributed by atoms with Gasteiger partial charge in [-0.3, -0.25) is 4.68 Å². The lowest BCUT2D eigenvalue weighted by Gasteiger charge is -2.08. The van der Waals surface area contributed by atoms with Crippen LogP contribution in [0.15, 0.2) is 23.6 Å². The Bertz CT molecular complexity index is 543. The van der Waals surface area contributed by atoms with Crippen LogP contribution < -0.4 is 10.1 Å². The zero-order valence-electron chi connectivity index (χ0n) is 11.3. The third kappa shape index (κ3) is 3.85. The molecule has 0 aliphatic heterocycles. The molecule has 0 atom stereocenters. The van der Waals surface area contributed by atoms with Gasteiger partial charge in [-0.2, -0.15) is 10.1 Å². The summed E-state index contributed by atoms with van der Waals surface area (Å²) in [6.07, 6.45) is 6.42. The van der Waals surface area contributed by atoms with Crippen molar-refractivity contribution in [2.75, 3.05) is 18.1 Å². The smallest absolute Gasteiger partial charge is 0.225 e. The fourth-order valence-electron chi connectivity index (χ4n) is 1.46. The standard InChI is InChI=1S/C12H17N5OS/c1-4-5-13-10-6-11(16-12(15-10)19-3)18-9-7-14-17(2)8-9/h6-8H,4-5H2,1-3H3,(H,13,15,16). The number of rotatable bonds is 6. The lowest BCUT2D eigenvalue weighted by atomic mass is 10.4. The SMILES string of the molecule is CCCNc1cc(Oc2cnn(C)c2)nc(SC)n1.